The molecule has 0 heterocycles. The van der Waals surface area contributed by atoms with E-state index in [1.54, 1.807) is 0 Å². The Morgan fingerprint density at radius 3 is 1.83 bits per heavy atom. The van der Waals surface area contributed by atoms with Gasteiger partial charge in [0.15, 0.2) is 0 Å². The van der Waals surface area contributed by atoms with Crippen molar-refractivity contribution in [2.24, 2.45) is 23.5 Å². The van der Waals surface area contributed by atoms with Gasteiger partial charge in [-0.25, -0.2) is 0 Å². The van der Waals surface area contributed by atoms with Gasteiger partial charge in [-0.1, -0.05) is 41.0 Å². The maximum Gasteiger partial charge on any atom is 0.00903 e. The fraction of sp³-hybridized carbons (Fsp3) is 1.00. The van der Waals surface area contributed by atoms with E-state index in [2.05, 4.69) is 34.6 Å². The van der Waals surface area contributed by atoms with Crippen molar-refractivity contribution in [3.63, 3.8) is 0 Å². The molecule has 0 saturated carbocycles. The highest BCUT2D eigenvalue weighted by atomic mass is 14.7. The molecule has 0 aliphatic heterocycles. The van der Waals surface area contributed by atoms with Crippen LogP contribution in [0.4, 0.5) is 0 Å². The van der Waals surface area contributed by atoms with Crippen molar-refractivity contribution in [3.8, 4) is 0 Å². The third-order valence-corrected chi connectivity index (χ3v) is 2.61. The van der Waals surface area contributed by atoms with Gasteiger partial charge in [0.1, 0.15) is 0 Å². The van der Waals surface area contributed by atoms with E-state index in [-0.39, 0.29) is 0 Å². The van der Waals surface area contributed by atoms with E-state index < -0.39 is 0 Å². The summed E-state index contributed by atoms with van der Waals surface area (Å²) in [6.07, 6.45) is 2.49. The normalized spacial score (nSPS) is 17.0. The van der Waals surface area contributed by atoms with Gasteiger partial charge in [-0.3, -0.25) is 0 Å². The molecule has 1 nitrogen and oxygen atoms in total. The van der Waals surface area contributed by atoms with Gasteiger partial charge in [0.25, 0.3) is 0 Å². The molecule has 12 heavy (non-hydrogen) atoms. The van der Waals surface area contributed by atoms with E-state index >= 15 is 0 Å². The van der Waals surface area contributed by atoms with Crippen molar-refractivity contribution in [3.05, 3.63) is 0 Å². The average molecular weight is 171 g/mol. The van der Waals surface area contributed by atoms with Crippen LogP contribution in [-0.4, -0.2) is 6.04 Å². The maximum atomic E-state index is 6.12. The van der Waals surface area contributed by atoms with Crippen LogP contribution in [0.5, 0.6) is 0 Å². The topological polar surface area (TPSA) is 26.0 Å². The van der Waals surface area contributed by atoms with Crippen molar-refractivity contribution < 1.29 is 0 Å². The summed E-state index contributed by atoms with van der Waals surface area (Å²) < 4.78 is 0. The SMILES string of the molecule is CCC(CC(C)C)C(N)C(C)C. The molecule has 2 atom stereocenters. The van der Waals surface area contributed by atoms with Gasteiger partial charge < -0.3 is 5.73 Å². The van der Waals surface area contributed by atoms with Crippen LogP contribution < -0.4 is 5.73 Å². The Morgan fingerprint density at radius 2 is 1.58 bits per heavy atom. The molecule has 2 unspecified atom stereocenters. The van der Waals surface area contributed by atoms with Crippen LogP contribution in [0.1, 0.15) is 47.5 Å². The Labute approximate surface area is 77.7 Å². The van der Waals surface area contributed by atoms with Gasteiger partial charge in [0, 0.05) is 6.04 Å². The van der Waals surface area contributed by atoms with Crippen molar-refractivity contribution in [2.45, 2.75) is 53.5 Å². The molecule has 0 aliphatic rings. The zero-order valence-corrected chi connectivity index (χ0v) is 9.30. The standard InChI is InChI=1S/C11H25N/c1-6-10(7-8(2)3)11(12)9(4)5/h8-11H,6-7,12H2,1-5H3. The van der Waals surface area contributed by atoms with Crippen LogP contribution in [0.2, 0.25) is 0 Å². The Balaban J connectivity index is 3.96. The lowest BCUT2D eigenvalue weighted by atomic mass is 9.83. The minimum absolute atomic E-state index is 0.386. The summed E-state index contributed by atoms with van der Waals surface area (Å²) >= 11 is 0. The first kappa shape index (κ1) is 12.0. The van der Waals surface area contributed by atoms with Crippen LogP contribution >= 0.6 is 0 Å². The summed E-state index contributed by atoms with van der Waals surface area (Å²) in [7, 11) is 0. The Kier molecular flexibility index (Phi) is 5.56. The fourth-order valence-electron chi connectivity index (χ4n) is 1.75. The van der Waals surface area contributed by atoms with Crippen LogP contribution in [0.15, 0.2) is 0 Å². The van der Waals surface area contributed by atoms with E-state index in [0.29, 0.717) is 17.9 Å². The molecule has 0 amide bonds. The van der Waals surface area contributed by atoms with Crippen molar-refractivity contribution in [1.82, 2.24) is 0 Å². The van der Waals surface area contributed by atoms with Crippen LogP contribution in [0.25, 0.3) is 0 Å². The second-order valence-electron chi connectivity index (χ2n) is 4.62. The first-order chi connectivity index (χ1) is 5.49. The van der Waals surface area contributed by atoms with Gasteiger partial charge in [-0.2, -0.15) is 0 Å². The zero-order chi connectivity index (χ0) is 9.72. The second-order valence-corrected chi connectivity index (χ2v) is 4.62. The molecule has 0 rings (SSSR count). The lowest BCUT2D eigenvalue weighted by molar-refractivity contribution is 0.285. The smallest absolute Gasteiger partial charge is 0.00903 e. The number of hydrogen-bond acceptors (Lipinski definition) is 1. The van der Waals surface area contributed by atoms with Gasteiger partial charge in [-0.15, -0.1) is 0 Å². The Hall–Kier alpha value is -0.0400. The molecule has 0 aliphatic carbocycles. The molecule has 0 radical (unpaired) electrons. The highest BCUT2D eigenvalue weighted by Crippen LogP contribution is 2.21. The quantitative estimate of drug-likeness (QED) is 0.676. The summed E-state index contributed by atoms with van der Waals surface area (Å²) in [5.41, 5.74) is 6.12. The van der Waals surface area contributed by atoms with Crippen molar-refractivity contribution >= 4 is 0 Å². The lowest BCUT2D eigenvalue weighted by Crippen LogP contribution is -2.35. The first-order valence-electron chi connectivity index (χ1n) is 5.24. The van der Waals surface area contributed by atoms with Crippen molar-refractivity contribution in [1.29, 1.82) is 0 Å². The van der Waals surface area contributed by atoms with Gasteiger partial charge in [0.2, 0.25) is 0 Å². The van der Waals surface area contributed by atoms with E-state index in [1.807, 2.05) is 0 Å². The monoisotopic (exact) mass is 171 g/mol. The molecule has 0 bridgehead atoms. The predicted molar refractivity (Wildman–Crippen MR) is 56.0 cm³/mol. The highest BCUT2D eigenvalue weighted by molar-refractivity contribution is 4.75. The van der Waals surface area contributed by atoms with E-state index in [0.717, 1.165) is 5.92 Å². The van der Waals surface area contributed by atoms with Crippen LogP contribution in [0, 0.1) is 17.8 Å². The summed E-state index contributed by atoms with van der Waals surface area (Å²) in [6, 6.07) is 0.386. The number of rotatable bonds is 5. The molecule has 0 fully saturated rings. The summed E-state index contributed by atoms with van der Waals surface area (Å²) in [4.78, 5) is 0. The molecular formula is C11H25N. The fourth-order valence-corrected chi connectivity index (χ4v) is 1.75. The largest absolute Gasteiger partial charge is 0.327 e. The Bertz CT molecular complexity index is 108. The molecule has 2 N–H and O–H groups in total. The van der Waals surface area contributed by atoms with Crippen LogP contribution in [0.3, 0.4) is 0 Å². The third-order valence-electron chi connectivity index (χ3n) is 2.61. The molecule has 0 saturated heterocycles. The minimum Gasteiger partial charge on any atom is -0.327 e. The Morgan fingerprint density at radius 1 is 1.08 bits per heavy atom. The summed E-state index contributed by atoms with van der Waals surface area (Å²) in [5.74, 6) is 2.11. The molecule has 0 aromatic rings. The zero-order valence-electron chi connectivity index (χ0n) is 9.30. The summed E-state index contributed by atoms with van der Waals surface area (Å²) in [5, 5.41) is 0. The molecule has 1 heteroatoms. The second kappa shape index (κ2) is 5.58. The number of hydrogen-bond donors (Lipinski definition) is 1. The van der Waals surface area contributed by atoms with E-state index in [9.17, 15) is 0 Å². The highest BCUT2D eigenvalue weighted by Gasteiger charge is 2.19. The van der Waals surface area contributed by atoms with E-state index in [4.69, 9.17) is 5.73 Å². The molecule has 0 aromatic heterocycles. The van der Waals surface area contributed by atoms with Crippen LogP contribution in [-0.2, 0) is 0 Å². The predicted octanol–water partition coefficient (Wildman–Crippen LogP) is 3.04. The molecule has 74 valence electrons. The van der Waals surface area contributed by atoms with E-state index in [1.165, 1.54) is 12.8 Å². The van der Waals surface area contributed by atoms with Gasteiger partial charge in [0.05, 0.1) is 0 Å². The van der Waals surface area contributed by atoms with Gasteiger partial charge in [-0.05, 0) is 24.2 Å². The lowest BCUT2D eigenvalue weighted by Gasteiger charge is -2.27. The molecular weight excluding hydrogens is 146 g/mol. The molecule has 0 spiro atoms. The first-order valence-corrected chi connectivity index (χ1v) is 5.24. The van der Waals surface area contributed by atoms with Crippen molar-refractivity contribution in [2.75, 3.05) is 0 Å². The number of nitrogens with two attached hydrogens (primary N) is 1. The van der Waals surface area contributed by atoms with Gasteiger partial charge >= 0.3 is 0 Å². The minimum atomic E-state index is 0.386. The summed E-state index contributed by atoms with van der Waals surface area (Å²) in [6.45, 7) is 11.2. The average Bonchev–Trinajstić information content (AvgIpc) is 1.98. The maximum absolute atomic E-state index is 6.12. The molecule has 0 aromatic carbocycles. The third kappa shape index (κ3) is 4.10.